The molecule has 0 fully saturated rings. The average molecular weight is 557 g/mol. The molecule has 0 saturated carbocycles. The van der Waals surface area contributed by atoms with Gasteiger partial charge < -0.3 is 0 Å². The number of rotatable bonds is 4. The summed E-state index contributed by atoms with van der Waals surface area (Å²) in [5, 5.41) is 44.9. The SMILES string of the molecule is CC1c2c([N+](=O)[O-])cc([N+](=O)[O-])cc2C(C)(C)C1(C)C.Cc1c([N+](=O)[O-])cc2c(c1[N+](=O)[O-])C(C)(C)CC2(C)C. The van der Waals surface area contributed by atoms with Crippen molar-refractivity contribution in [2.45, 2.75) is 97.8 Å². The largest absolute Gasteiger partial charge is 0.283 e. The highest BCUT2D eigenvalue weighted by molar-refractivity contribution is 5.67. The summed E-state index contributed by atoms with van der Waals surface area (Å²) in [6.45, 7) is 19.3. The number of fused-ring (bicyclic) bond motifs is 2. The number of benzene rings is 2. The predicted octanol–water partition coefficient (Wildman–Crippen LogP) is 7.69. The first-order valence-corrected chi connectivity index (χ1v) is 12.9. The second-order valence-corrected chi connectivity index (χ2v) is 13.3. The number of hydrogen-bond acceptors (Lipinski definition) is 8. The van der Waals surface area contributed by atoms with Crippen molar-refractivity contribution >= 4 is 22.7 Å². The Morgan fingerprint density at radius 2 is 1.23 bits per heavy atom. The molecule has 2 aliphatic carbocycles. The van der Waals surface area contributed by atoms with Crippen molar-refractivity contribution in [1.82, 2.24) is 0 Å². The Labute approximate surface area is 232 Å². The van der Waals surface area contributed by atoms with Crippen LogP contribution >= 0.6 is 0 Å². The highest BCUT2D eigenvalue weighted by atomic mass is 16.6. The van der Waals surface area contributed by atoms with Crippen LogP contribution in [0.3, 0.4) is 0 Å². The third-order valence-electron chi connectivity index (χ3n) is 9.55. The van der Waals surface area contributed by atoms with Crippen LogP contribution < -0.4 is 0 Å². The van der Waals surface area contributed by atoms with Crippen molar-refractivity contribution in [2.24, 2.45) is 5.41 Å². The Balaban J connectivity index is 0.000000220. The molecule has 0 saturated heterocycles. The number of nitro benzene ring substituents is 4. The van der Waals surface area contributed by atoms with Crippen LogP contribution in [-0.2, 0) is 16.2 Å². The van der Waals surface area contributed by atoms with E-state index in [1.807, 2.05) is 62.3 Å². The van der Waals surface area contributed by atoms with E-state index in [4.69, 9.17) is 0 Å². The van der Waals surface area contributed by atoms with Gasteiger partial charge in [0.05, 0.1) is 25.8 Å². The van der Waals surface area contributed by atoms with Gasteiger partial charge in [0.2, 0.25) is 0 Å². The Morgan fingerprint density at radius 3 is 1.68 bits per heavy atom. The second-order valence-electron chi connectivity index (χ2n) is 13.3. The molecule has 2 aliphatic rings. The molecule has 1 unspecified atom stereocenters. The summed E-state index contributed by atoms with van der Waals surface area (Å²) in [7, 11) is 0. The molecule has 216 valence electrons. The zero-order chi connectivity index (χ0) is 30.9. The molecule has 0 aromatic heterocycles. The lowest BCUT2D eigenvalue weighted by molar-refractivity contribution is -0.396. The van der Waals surface area contributed by atoms with Crippen molar-refractivity contribution in [3.05, 3.63) is 86.5 Å². The summed E-state index contributed by atoms with van der Waals surface area (Å²) in [5.41, 5.74) is 1.02. The van der Waals surface area contributed by atoms with E-state index in [0.29, 0.717) is 11.1 Å². The van der Waals surface area contributed by atoms with Crippen LogP contribution in [0.25, 0.3) is 0 Å². The Bertz CT molecular complexity index is 1470. The topological polar surface area (TPSA) is 173 Å². The third-order valence-corrected chi connectivity index (χ3v) is 9.55. The molecule has 0 aliphatic heterocycles. The minimum atomic E-state index is -0.570. The molecule has 2 aromatic rings. The van der Waals surface area contributed by atoms with Gasteiger partial charge in [0.15, 0.2) is 0 Å². The molecule has 12 heteroatoms. The summed E-state index contributed by atoms with van der Waals surface area (Å²) in [6, 6.07) is 4.09. The summed E-state index contributed by atoms with van der Waals surface area (Å²) in [4.78, 5) is 42.8. The molecule has 12 nitrogen and oxygen atoms in total. The van der Waals surface area contributed by atoms with Gasteiger partial charge >= 0.3 is 0 Å². The van der Waals surface area contributed by atoms with Crippen LogP contribution in [0, 0.1) is 52.8 Å². The monoisotopic (exact) mass is 556 g/mol. The van der Waals surface area contributed by atoms with Gasteiger partial charge in [0.25, 0.3) is 22.7 Å². The normalized spacial score (nSPS) is 20.5. The highest BCUT2D eigenvalue weighted by Crippen LogP contribution is 2.61. The van der Waals surface area contributed by atoms with Crippen LogP contribution in [0.5, 0.6) is 0 Å². The van der Waals surface area contributed by atoms with Gasteiger partial charge in [-0.3, -0.25) is 40.5 Å². The van der Waals surface area contributed by atoms with E-state index in [-0.39, 0.29) is 55.9 Å². The van der Waals surface area contributed by atoms with Crippen LogP contribution in [-0.4, -0.2) is 19.7 Å². The first-order valence-electron chi connectivity index (χ1n) is 12.9. The van der Waals surface area contributed by atoms with E-state index in [1.165, 1.54) is 19.1 Å². The minimum Gasteiger partial charge on any atom is -0.258 e. The number of nitro groups is 4. The molecular weight excluding hydrogens is 520 g/mol. The van der Waals surface area contributed by atoms with Gasteiger partial charge in [0, 0.05) is 23.3 Å². The van der Waals surface area contributed by atoms with Crippen molar-refractivity contribution in [3.8, 4) is 0 Å². The third kappa shape index (κ3) is 4.48. The van der Waals surface area contributed by atoms with E-state index in [1.54, 1.807) is 0 Å². The molecule has 40 heavy (non-hydrogen) atoms. The minimum absolute atomic E-state index is 0.0336. The Hall–Kier alpha value is -3.96. The molecule has 4 rings (SSSR count). The molecule has 0 radical (unpaired) electrons. The lowest BCUT2D eigenvalue weighted by Crippen LogP contribution is -2.33. The summed E-state index contributed by atoms with van der Waals surface area (Å²) in [5.74, 6) is -0.0336. The molecular formula is C28H36N4O8. The summed E-state index contributed by atoms with van der Waals surface area (Å²) >= 11 is 0. The van der Waals surface area contributed by atoms with Gasteiger partial charge in [-0.1, -0.05) is 62.3 Å². The average Bonchev–Trinajstić information content (AvgIpc) is 3.07. The number of nitrogens with zero attached hydrogens (tertiary/aromatic N) is 4. The van der Waals surface area contributed by atoms with Crippen molar-refractivity contribution in [1.29, 1.82) is 0 Å². The van der Waals surface area contributed by atoms with Gasteiger partial charge in [-0.25, -0.2) is 0 Å². The Kier molecular flexibility index (Phi) is 7.12. The molecule has 0 spiro atoms. The van der Waals surface area contributed by atoms with Crippen molar-refractivity contribution in [2.75, 3.05) is 0 Å². The van der Waals surface area contributed by atoms with Crippen LogP contribution in [0.15, 0.2) is 18.2 Å². The quantitative estimate of drug-likeness (QED) is 0.272. The Morgan fingerprint density at radius 1 is 0.700 bits per heavy atom. The van der Waals surface area contributed by atoms with E-state index < -0.39 is 19.7 Å². The van der Waals surface area contributed by atoms with Gasteiger partial charge in [-0.15, -0.1) is 0 Å². The molecule has 2 aromatic carbocycles. The van der Waals surface area contributed by atoms with E-state index >= 15 is 0 Å². The van der Waals surface area contributed by atoms with Crippen molar-refractivity contribution in [3.63, 3.8) is 0 Å². The number of non-ortho nitro benzene ring substituents is 1. The first kappa shape index (κ1) is 30.6. The van der Waals surface area contributed by atoms with Gasteiger partial charge in [-0.05, 0) is 52.0 Å². The predicted molar refractivity (Wildman–Crippen MR) is 150 cm³/mol. The summed E-state index contributed by atoms with van der Waals surface area (Å²) in [6.07, 6.45) is 0.733. The zero-order valence-electron chi connectivity index (χ0n) is 24.6. The standard InChI is InChI=1S/2C14H18N2O4/c1-8-10(15(17)18)6-9-11(12(8)16(19)20)14(4,5)7-13(9,2)3;1-8-12-10(14(4,5)13(8,2)3)6-9(15(17)18)7-11(12)16(19)20/h6H,7H2,1-5H3;6-8H,1-5H3. The zero-order valence-corrected chi connectivity index (χ0v) is 24.6. The van der Waals surface area contributed by atoms with E-state index in [2.05, 4.69) is 0 Å². The maximum atomic E-state index is 11.4. The molecule has 0 amide bonds. The fourth-order valence-electron chi connectivity index (χ4n) is 6.78. The second kappa shape index (κ2) is 9.31. The van der Waals surface area contributed by atoms with E-state index in [9.17, 15) is 40.5 Å². The molecule has 0 N–H and O–H groups in total. The number of hydrogen-bond donors (Lipinski definition) is 0. The van der Waals surface area contributed by atoms with E-state index in [0.717, 1.165) is 23.6 Å². The maximum Gasteiger partial charge on any atom is 0.283 e. The van der Waals surface area contributed by atoms with Crippen LogP contribution in [0.2, 0.25) is 0 Å². The molecule has 0 heterocycles. The lowest BCUT2D eigenvalue weighted by Gasteiger charge is -2.38. The molecule has 1 atom stereocenters. The van der Waals surface area contributed by atoms with Gasteiger partial charge in [-0.2, -0.15) is 0 Å². The maximum absolute atomic E-state index is 11.4. The highest BCUT2D eigenvalue weighted by Gasteiger charge is 2.54. The van der Waals surface area contributed by atoms with Crippen LogP contribution in [0.1, 0.15) is 102 Å². The van der Waals surface area contributed by atoms with Crippen molar-refractivity contribution < 1.29 is 19.7 Å². The fourth-order valence-corrected chi connectivity index (χ4v) is 6.78. The van der Waals surface area contributed by atoms with Gasteiger partial charge in [0.1, 0.15) is 5.56 Å². The molecule has 0 bridgehead atoms. The summed E-state index contributed by atoms with van der Waals surface area (Å²) < 4.78 is 0. The lowest BCUT2D eigenvalue weighted by atomic mass is 9.65. The fraction of sp³-hybridized carbons (Fsp3) is 0.571. The van der Waals surface area contributed by atoms with Crippen LogP contribution in [0.4, 0.5) is 22.7 Å². The first-order chi connectivity index (χ1) is 18.0. The smallest absolute Gasteiger partial charge is 0.258 e.